The van der Waals surface area contributed by atoms with Gasteiger partial charge in [0, 0.05) is 55.8 Å². The van der Waals surface area contributed by atoms with Crippen molar-refractivity contribution in [2.24, 2.45) is 0 Å². The Kier molecular flexibility index (Phi) is 9.76. The molecule has 2 aliphatic rings. The van der Waals surface area contributed by atoms with Crippen molar-refractivity contribution >= 4 is 70.1 Å². The maximum absolute atomic E-state index is 14.6. The van der Waals surface area contributed by atoms with Gasteiger partial charge in [-0.3, -0.25) is 9.59 Å². The lowest BCUT2D eigenvalue weighted by Gasteiger charge is -2.26. The van der Waals surface area contributed by atoms with Gasteiger partial charge in [-0.25, -0.2) is 16.8 Å². The first-order valence-electron chi connectivity index (χ1n) is 23.3. The summed E-state index contributed by atoms with van der Waals surface area (Å²) in [7, 11) is -7.96. The Balaban J connectivity index is 0.822. The minimum Gasteiger partial charge on any atom is -0.310 e. The largest absolute Gasteiger partial charge is 0.310 e. The molecule has 13 rings (SSSR count). The predicted molar refractivity (Wildman–Crippen MR) is 282 cm³/mol. The van der Waals surface area contributed by atoms with Crippen LogP contribution in [0.2, 0.25) is 0 Å². The Hall–Kier alpha value is -8.96. The lowest BCUT2D eigenvalue weighted by Crippen LogP contribution is -2.20. The van der Waals surface area contributed by atoms with Crippen molar-refractivity contribution in [2.45, 2.75) is 19.6 Å². The van der Waals surface area contributed by atoms with Gasteiger partial charge in [0.2, 0.25) is 19.7 Å². The van der Waals surface area contributed by atoms with Crippen LogP contribution in [0, 0.1) is 0 Å². The third-order valence-electron chi connectivity index (χ3n) is 13.9. The van der Waals surface area contributed by atoms with E-state index >= 15 is 0 Å². The summed E-state index contributed by atoms with van der Waals surface area (Å²) in [6.07, 6.45) is 0. The molecule has 0 fully saturated rings. The van der Waals surface area contributed by atoms with E-state index in [2.05, 4.69) is 45.9 Å². The predicted octanol–water partition coefficient (Wildman–Crippen LogP) is 14.0. The second-order valence-corrected chi connectivity index (χ2v) is 21.8. The molecule has 0 atom stereocenters. The summed E-state index contributed by atoms with van der Waals surface area (Å²) < 4.78 is 58.3. The average molecular weight is 971 g/mol. The maximum Gasteiger partial charge on any atom is 0.208 e. The van der Waals surface area contributed by atoms with Crippen LogP contribution >= 0.6 is 0 Å². The molecule has 0 saturated carbocycles. The van der Waals surface area contributed by atoms with E-state index in [-0.39, 0.29) is 53.4 Å². The van der Waals surface area contributed by atoms with E-state index in [9.17, 15) is 26.4 Å². The molecule has 344 valence electrons. The van der Waals surface area contributed by atoms with Gasteiger partial charge in [0.05, 0.1) is 30.6 Å². The fraction of sp³-hybridized carbons (Fsp3) is 0. The molecule has 0 bridgehead atoms. The van der Waals surface area contributed by atoms with Crippen LogP contribution in [-0.2, 0) is 19.7 Å². The number of rotatable bonds is 7. The van der Waals surface area contributed by atoms with Crippen LogP contribution in [0.1, 0.15) is 31.8 Å². The zero-order chi connectivity index (χ0) is 48.9. The Morgan fingerprint density at radius 1 is 0.306 bits per heavy atom. The summed E-state index contributed by atoms with van der Waals surface area (Å²) in [4.78, 5) is 30.0. The molecular weight excluding hydrogens is 933 g/mol. The lowest BCUT2D eigenvalue weighted by molar-refractivity contribution is 0.102. The number of carbonyl (C=O) groups is 2. The Labute approximate surface area is 415 Å². The van der Waals surface area contributed by atoms with E-state index in [0.29, 0.717) is 11.1 Å². The van der Waals surface area contributed by atoms with Crippen molar-refractivity contribution in [3.8, 4) is 39.1 Å². The standard InChI is InChI=1S/C62H38N2O6S2/c65-61-50-19-8-10-21-57(50)71(67,68)58-32-26-41(36-53(58)61)39-22-28-47(29-23-39)63(45-13-3-1-4-14-45)48-17-11-12-40(34-48)44-24-30-51-60(38-44)72(69,70)59-33-27-43(37-54(59)62(51)66)42-25-31-56-52(35-42)49-18-7-9-20-55(49)64(56)46-15-5-2-6-16-46/h1-38H. The molecule has 2 aliphatic heterocycles. The number of sulfone groups is 2. The maximum atomic E-state index is 14.6. The summed E-state index contributed by atoms with van der Waals surface area (Å²) in [5.41, 5.74) is 10.7. The van der Waals surface area contributed by atoms with Crippen molar-refractivity contribution in [3.63, 3.8) is 0 Å². The molecule has 1 aromatic heterocycles. The topological polar surface area (TPSA) is 111 Å². The summed E-state index contributed by atoms with van der Waals surface area (Å²) in [5, 5.41) is 2.13. The van der Waals surface area contributed by atoms with E-state index in [0.717, 1.165) is 66.8 Å². The first-order valence-corrected chi connectivity index (χ1v) is 26.3. The van der Waals surface area contributed by atoms with Crippen LogP contribution in [0.15, 0.2) is 250 Å². The van der Waals surface area contributed by atoms with E-state index < -0.39 is 19.7 Å². The van der Waals surface area contributed by atoms with Crippen molar-refractivity contribution in [3.05, 3.63) is 253 Å². The van der Waals surface area contributed by atoms with Gasteiger partial charge in [-0.1, -0.05) is 115 Å². The number of carbonyl (C=O) groups excluding carboxylic acids is 2. The Morgan fingerprint density at radius 2 is 0.792 bits per heavy atom. The third-order valence-corrected chi connectivity index (χ3v) is 17.6. The highest BCUT2D eigenvalue weighted by molar-refractivity contribution is 7.92. The summed E-state index contributed by atoms with van der Waals surface area (Å²) in [6, 6.07) is 71.3. The zero-order valence-corrected chi connectivity index (χ0v) is 39.7. The summed E-state index contributed by atoms with van der Waals surface area (Å²) in [5.74, 6) is -0.685. The Bertz CT molecular complexity index is 4340. The van der Waals surface area contributed by atoms with Gasteiger partial charge in [0.1, 0.15) is 0 Å². The molecule has 10 heteroatoms. The van der Waals surface area contributed by atoms with Crippen LogP contribution in [-0.4, -0.2) is 33.0 Å². The molecule has 10 aromatic carbocycles. The molecule has 0 unspecified atom stereocenters. The fourth-order valence-corrected chi connectivity index (χ4v) is 13.7. The van der Waals surface area contributed by atoms with Gasteiger partial charge >= 0.3 is 0 Å². The highest BCUT2D eigenvalue weighted by atomic mass is 32.2. The molecular formula is C62H38N2O6S2. The molecule has 72 heavy (non-hydrogen) atoms. The number of ketones is 2. The van der Waals surface area contributed by atoms with Gasteiger partial charge < -0.3 is 9.47 Å². The molecule has 11 aromatic rings. The number of hydrogen-bond donors (Lipinski definition) is 0. The molecule has 0 saturated heterocycles. The van der Waals surface area contributed by atoms with Gasteiger partial charge in [0.25, 0.3) is 0 Å². The molecule has 0 amide bonds. The second kappa shape index (κ2) is 16.3. The van der Waals surface area contributed by atoms with Crippen molar-refractivity contribution in [1.29, 1.82) is 0 Å². The van der Waals surface area contributed by atoms with Crippen LogP contribution in [0.5, 0.6) is 0 Å². The molecule has 8 nitrogen and oxygen atoms in total. The fourth-order valence-electron chi connectivity index (χ4n) is 10.4. The molecule has 0 spiro atoms. The first-order chi connectivity index (χ1) is 35.0. The molecule has 3 heterocycles. The van der Waals surface area contributed by atoms with Crippen molar-refractivity contribution in [2.75, 3.05) is 4.90 Å². The van der Waals surface area contributed by atoms with Crippen LogP contribution in [0.3, 0.4) is 0 Å². The minimum absolute atomic E-state index is 0.00154. The number of nitrogens with zero attached hydrogens (tertiary/aromatic N) is 2. The van der Waals surface area contributed by atoms with Crippen LogP contribution in [0.25, 0.3) is 60.9 Å². The minimum atomic E-state index is -4.10. The number of hydrogen-bond acceptors (Lipinski definition) is 7. The quantitative estimate of drug-likeness (QED) is 0.156. The SMILES string of the molecule is O=C1c2ccccc2S(=O)(=O)c2ccc(-c3ccc(N(c4ccccc4)c4cccc(-c5ccc6c(c5)S(=O)(=O)c5ccc(-c7ccc8c(c7)c7ccccc7n8-c7ccccc7)cc5C6=O)c4)cc3)cc21. The highest BCUT2D eigenvalue weighted by Crippen LogP contribution is 2.43. The monoisotopic (exact) mass is 970 g/mol. The van der Waals surface area contributed by atoms with Gasteiger partial charge in [0.15, 0.2) is 11.6 Å². The normalized spacial score (nSPS) is 14.1. The molecule has 0 aliphatic carbocycles. The van der Waals surface area contributed by atoms with Crippen LogP contribution < -0.4 is 4.90 Å². The highest BCUT2D eigenvalue weighted by Gasteiger charge is 2.36. The number of benzene rings is 10. The lowest BCUT2D eigenvalue weighted by atomic mass is 9.95. The first kappa shape index (κ1) is 43.1. The van der Waals surface area contributed by atoms with Gasteiger partial charge in [-0.05, 0) is 149 Å². The van der Waals surface area contributed by atoms with Crippen molar-refractivity contribution < 1.29 is 26.4 Å². The Morgan fingerprint density at radius 3 is 1.53 bits per heavy atom. The average Bonchev–Trinajstić information content (AvgIpc) is 3.76. The third kappa shape index (κ3) is 6.71. The number of fused-ring (bicyclic) bond motifs is 7. The molecule has 0 radical (unpaired) electrons. The summed E-state index contributed by atoms with van der Waals surface area (Å²) in [6.45, 7) is 0. The van der Waals surface area contributed by atoms with E-state index in [1.165, 1.54) is 12.1 Å². The number of aromatic nitrogens is 1. The van der Waals surface area contributed by atoms with E-state index in [4.69, 9.17) is 0 Å². The van der Waals surface area contributed by atoms with Gasteiger partial charge in [-0.2, -0.15) is 0 Å². The van der Waals surface area contributed by atoms with Gasteiger partial charge in [-0.15, -0.1) is 0 Å². The van der Waals surface area contributed by atoms with Crippen molar-refractivity contribution in [1.82, 2.24) is 4.57 Å². The molecule has 0 N–H and O–H groups in total. The smallest absolute Gasteiger partial charge is 0.208 e. The second-order valence-electron chi connectivity index (χ2n) is 18.0. The van der Waals surface area contributed by atoms with E-state index in [1.54, 1.807) is 66.7 Å². The number of anilines is 3. The van der Waals surface area contributed by atoms with E-state index in [1.807, 2.05) is 115 Å². The number of para-hydroxylation sites is 3. The zero-order valence-electron chi connectivity index (χ0n) is 38.1. The van der Waals surface area contributed by atoms with Crippen LogP contribution in [0.4, 0.5) is 17.1 Å². The summed E-state index contributed by atoms with van der Waals surface area (Å²) >= 11 is 0.